The van der Waals surface area contributed by atoms with Crippen LogP contribution >= 0.6 is 0 Å². The molecule has 0 aromatic carbocycles. The Balaban J connectivity index is 2.37. The van der Waals surface area contributed by atoms with Crippen LogP contribution in [0.4, 0.5) is 0 Å². The lowest BCUT2D eigenvalue weighted by Gasteiger charge is -2.27. The molecule has 1 rings (SSSR count). The standard InChI is InChI=1S/C18H38N6O3/c1-22(2)17(25)16-21-18(19-6-9-23(3)8-5-13-26-4)20-7-10-24-11-14-27-15-12-24/h5-16H2,1-4H3,(H2,19,20,21). The summed E-state index contributed by atoms with van der Waals surface area (Å²) in [5, 5.41) is 6.66. The highest BCUT2D eigenvalue weighted by molar-refractivity contribution is 5.84. The van der Waals surface area contributed by atoms with E-state index in [0.717, 1.165) is 72.1 Å². The zero-order valence-corrected chi connectivity index (χ0v) is 17.5. The van der Waals surface area contributed by atoms with Gasteiger partial charge in [-0.15, -0.1) is 0 Å². The fourth-order valence-electron chi connectivity index (χ4n) is 2.58. The second kappa shape index (κ2) is 14.6. The Bertz CT molecular complexity index is 427. The largest absolute Gasteiger partial charge is 0.385 e. The zero-order chi connectivity index (χ0) is 19.9. The summed E-state index contributed by atoms with van der Waals surface area (Å²) < 4.78 is 10.5. The van der Waals surface area contributed by atoms with Crippen molar-refractivity contribution in [1.82, 2.24) is 25.3 Å². The normalized spacial score (nSPS) is 15.8. The van der Waals surface area contributed by atoms with Crippen molar-refractivity contribution in [1.29, 1.82) is 0 Å². The molecule has 9 heteroatoms. The summed E-state index contributed by atoms with van der Waals surface area (Å²) in [6, 6.07) is 0. The first-order valence-corrected chi connectivity index (χ1v) is 9.73. The summed E-state index contributed by atoms with van der Waals surface area (Å²) in [6.45, 7) is 8.82. The molecule has 0 saturated carbocycles. The van der Waals surface area contributed by atoms with E-state index in [9.17, 15) is 4.79 Å². The van der Waals surface area contributed by atoms with Crippen LogP contribution in [-0.2, 0) is 14.3 Å². The van der Waals surface area contributed by atoms with E-state index < -0.39 is 0 Å². The molecule has 158 valence electrons. The average molecular weight is 387 g/mol. The predicted molar refractivity (Wildman–Crippen MR) is 108 cm³/mol. The number of methoxy groups -OCH3 is 1. The molecule has 0 spiro atoms. The number of guanidine groups is 1. The second-order valence-electron chi connectivity index (χ2n) is 6.91. The van der Waals surface area contributed by atoms with Gasteiger partial charge in [-0.05, 0) is 13.5 Å². The quantitative estimate of drug-likeness (QED) is 0.251. The maximum atomic E-state index is 11.8. The van der Waals surface area contributed by atoms with E-state index >= 15 is 0 Å². The molecule has 1 aliphatic heterocycles. The minimum atomic E-state index is -0.0130. The van der Waals surface area contributed by atoms with E-state index in [2.05, 4.69) is 32.5 Å². The number of amides is 1. The second-order valence-corrected chi connectivity index (χ2v) is 6.91. The topological polar surface area (TPSA) is 81.7 Å². The molecule has 1 fully saturated rings. The number of carbonyl (C=O) groups is 1. The highest BCUT2D eigenvalue weighted by Crippen LogP contribution is 1.94. The van der Waals surface area contributed by atoms with Crippen LogP contribution in [0, 0.1) is 0 Å². The number of nitrogens with one attached hydrogen (secondary N) is 2. The highest BCUT2D eigenvalue weighted by atomic mass is 16.5. The minimum absolute atomic E-state index is 0.0130. The molecule has 0 unspecified atom stereocenters. The van der Waals surface area contributed by atoms with Gasteiger partial charge in [0.25, 0.3) is 0 Å². The van der Waals surface area contributed by atoms with Gasteiger partial charge in [0.05, 0.1) is 13.2 Å². The Labute approximate surface area is 164 Å². The number of nitrogens with zero attached hydrogens (tertiary/aromatic N) is 4. The van der Waals surface area contributed by atoms with E-state index in [0.29, 0.717) is 5.96 Å². The van der Waals surface area contributed by atoms with Crippen molar-refractivity contribution in [3.05, 3.63) is 0 Å². The van der Waals surface area contributed by atoms with Crippen LogP contribution in [0.2, 0.25) is 0 Å². The summed E-state index contributed by atoms with van der Waals surface area (Å²) in [4.78, 5) is 22.4. The molecule has 2 N–H and O–H groups in total. The Morgan fingerprint density at radius 1 is 1.15 bits per heavy atom. The van der Waals surface area contributed by atoms with Crippen LogP contribution in [-0.4, -0.2) is 127 Å². The third-order valence-electron chi connectivity index (χ3n) is 4.37. The van der Waals surface area contributed by atoms with Gasteiger partial charge >= 0.3 is 0 Å². The lowest BCUT2D eigenvalue weighted by atomic mass is 10.4. The maximum absolute atomic E-state index is 11.8. The summed E-state index contributed by atoms with van der Waals surface area (Å²) in [5.41, 5.74) is 0. The fraction of sp³-hybridized carbons (Fsp3) is 0.889. The zero-order valence-electron chi connectivity index (χ0n) is 17.5. The van der Waals surface area contributed by atoms with Gasteiger partial charge in [-0.3, -0.25) is 9.69 Å². The van der Waals surface area contributed by atoms with Gasteiger partial charge in [0.2, 0.25) is 5.91 Å². The maximum Gasteiger partial charge on any atom is 0.243 e. The molecule has 9 nitrogen and oxygen atoms in total. The SMILES string of the molecule is COCCCN(C)CCNC(=NCC(=O)N(C)C)NCCN1CCOCC1. The van der Waals surface area contributed by atoms with E-state index in [4.69, 9.17) is 9.47 Å². The Morgan fingerprint density at radius 2 is 1.85 bits per heavy atom. The van der Waals surface area contributed by atoms with Crippen molar-refractivity contribution in [2.24, 2.45) is 4.99 Å². The lowest BCUT2D eigenvalue weighted by Crippen LogP contribution is -2.46. The number of carbonyl (C=O) groups excluding carboxylic acids is 1. The van der Waals surface area contributed by atoms with Crippen LogP contribution < -0.4 is 10.6 Å². The first-order valence-electron chi connectivity index (χ1n) is 9.73. The molecule has 0 aliphatic carbocycles. The summed E-state index contributed by atoms with van der Waals surface area (Å²) in [7, 11) is 7.30. The van der Waals surface area contributed by atoms with Gasteiger partial charge in [0.15, 0.2) is 5.96 Å². The molecule has 1 saturated heterocycles. The number of morpholine rings is 1. The molecule has 1 amide bonds. The summed E-state index contributed by atoms with van der Waals surface area (Å²) >= 11 is 0. The van der Waals surface area contributed by atoms with Crippen LogP contribution in [0.3, 0.4) is 0 Å². The van der Waals surface area contributed by atoms with Gasteiger partial charge in [0.1, 0.15) is 6.54 Å². The van der Waals surface area contributed by atoms with Crippen molar-refractivity contribution in [2.75, 3.05) is 100 Å². The van der Waals surface area contributed by atoms with E-state index in [1.165, 1.54) is 0 Å². The van der Waals surface area contributed by atoms with E-state index in [1.807, 2.05) is 0 Å². The number of likely N-dealkylation sites (N-methyl/N-ethyl adjacent to an activating group) is 2. The van der Waals surface area contributed by atoms with Gasteiger partial charge in [0, 0.05) is 73.6 Å². The number of hydrogen-bond donors (Lipinski definition) is 2. The summed E-state index contributed by atoms with van der Waals surface area (Å²) in [6.07, 6.45) is 1.02. The lowest BCUT2D eigenvalue weighted by molar-refractivity contribution is -0.127. The molecular weight excluding hydrogens is 348 g/mol. The monoisotopic (exact) mass is 386 g/mol. The van der Waals surface area contributed by atoms with Gasteiger partial charge in [-0.2, -0.15) is 0 Å². The van der Waals surface area contributed by atoms with Crippen LogP contribution in [0.25, 0.3) is 0 Å². The first-order chi connectivity index (χ1) is 13.0. The number of rotatable bonds is 12. The van der Waals surface area contributed by atoms with Gasteiger partial charge < -0.3 is 29.9 Å². The van der Waals surface area contributed by atoms with Crippen molar-refractivity contribution < 1.29 is 14.3 Å². The first kappa shape index (κ1) is 23.6. The third kappa shape index (κ3) is 11.8. The molecule has 0 radical (unpaired) electrons. The Morgan fingerprint density at radius 3 is 2.52 bits per heavy atom. The van der Waals surface area contributed by atoms with Crippen LogP contribution in [0.5, 0.6) is 0 Å². The number of hydrogen-bond acceptors (Lipinski definition) is 6. The number of ether oxygens (including phenoxy) is 2. The molecule has 1 aliphatic rings. The average Bonchev–Trinajstić information content (AvgIpc) is 2.66. The van der Waals surface area contributed by atoms with Gasteiger partial charge in [-0.1, -0.05) is 0 Å². The van der Waals surface area contributed by atoms with Crippen molar-refractivity contribution in [3.8, 4) is 0 Å². The Kier molecular flexibility index (Phi) is 12.8. The smallest absolute Gasteiger partial charge is 0.243 e. The third-order valence-corrected chi connectivity index (χ3v) is 4.37. The number of aliphatic imine (C=N–C) groups is 1. The molecule has 0 aromatic heterocycles. The minimum Gasteiger partial charge on any atom is -0.385 e. The molecule has 0 atom stereocenters. The molecule has 0 aromatic rings. The fourth-order valence-corrected chi connectivity index (χ4v) is 2.58. The van der Waals surface area contributed by atoms with Gasteiger partial charge in [-0.25, -0.2) is 4.99 Å². The Hall–Kier alpha value is -1.42. The molecular formula is C18H38N6O3. The summed E-state index contributed by atoms with van der Waals surface area (Å²) in [5.74, 6) is 0.671. The predicted octanol–water partition coefficient (Wildman–Crippen LogP) is -1.09. The molecule has 0 bridgehead atoms. The van der Waals surface area contributed by atoms with Crippen molar-refractivity contribution >= 4 is 11.9 Å². The molecule has 1 heterocycles. The van der Waals surface area contributed by atoms with Crippen LogP contribution in [0.15, 0.2) is 4.99 Å². The van der Waals surface area contributed by atoms with E-state index in [-0.39, 0.29) is 12.5 Å². The van der Waals surface area contributed by atoms with Crippen molar-refractivity contribution in [2.45, 2.75) is 6.42 Å². The molecule has 27 heavy (non-hydrogen) atoms. The highest BCUT2D eigenvalue weighted by Gasteiger charge is 2.10. The van der Waals surface area contributed by atoms with E-state index in [1.54, 1.807) is 26.1 Å². The van der Waals surface area contributed by atoms with Crippen LogP contribution in [0.1, 0.15) is 6.42 Å². The van der Waals surface area contributed by atoms with Crippen molar-refractivity contribution in [3.63, 3.8) is 0 Å².